The molecular weight excluding hydrogens is 265 g/mol. The molecule has 2 rings (SSSR count). The maximum absolute atomic E-state index is 13.1. The van der Waals surface area contributed by atoms with E-state index in [1.807, 2.05) is 0 Å². The van der Waals surface area contributed by atoms with Gasteiger partial charge >= 0.3 is 0 Å². The van der Waals surface area contributed by atoms with Gasteiger partial charge in [-0.1, -0.05) is 24.6 Å². The molecule has 1 aliphatic rings. The largest absolute Gasteiger partial charge is 0.373 e. The number of ether oxygens (including phenoxy) is 1. The van der Waals surface area contributed by atoms with Crippen LogP contribution in [0.1, 0.15) is 37.9 Å². The Kier molecular flexibility index (Phi) is 5.61. The third-order valence-corrected chi connectivity index (χ3v) is 3.87. The van der Waals surface area contributed by atoms with E-state index in [0.717, 1.165) is 44.5 Å². The van der Waals surface area contributed by atoms with Gasteiger partial charge in [-0.25, -0.2) is 4.39 Å². The summed E-state index contributed by atoms with van der Waals surface area (Å²) in [6, 6.07) is 4.57. The number of hydrogen-bond donors (Lipinski definition) is 1. The van der Waals surface area contributed by atoms with Crippen molar-refractivity contribution < 1.29 is 9.13 Å². The van der Waals surface area contributed by atoms with Crippen molar-refractivity contribution in [2.45, 2.75) is 32.3 Å². The molecule has 1 saturated heterocycles. The number of benzene rings is 1. The van der Waals surface area contributed by atoms with Crippen LogP contribution in [0.2, 0.25) is 5.02 Å². The first kappa shape index (κ1) is 14.8. The van der Waals surface area contributed by atoms with E-state index in [-0.39, 0.29) is 11.9 Å². The average molecular weight is 286 g/mol. The molecule has 1 aromatic rings. The Morgan fingerprint density at radius 2 is 2.32 bits per heavy atom. The van der Waals surface area contributed by atoms with Gasteiger partial charge in [0.25, 0.3) is 0 Å². The zero-order valence-electron chi connectivity index (χ0n) is 11.3. The lowest BCUT2D eigenvalue weighted by molar-refractivity contribution is -0.0276. The van der Waals surface area contributed by atoms with E-state index in [9.17, 15) is 4.39 Å². The van der Waals surface area contributed by atoms with E-state index in [1.54, 1.807) is 6.07 Å². The highest BCUT2D eigenvalue weighted by Gasteiger charge is 2.28. The fourth-order valence-electron chi connectivity index (χ4n) is 2.59. The van der Waals surface area contributed by atoms with Crippen LogP contribution in [0.25, 0.3) is 0 Å². The molecular formula is C15H21ClFNO. The standard InChI is InChI=1S/C15H21ClFNO/c1-2-7-18-10-11-4-3-8-19-15(11)13-6-5-12(17)9-14(13)16/h5-6,9,11,15,18H,2-4,7-8,10H2,1H3. The van der Waals surface area contributed by atoms with Crippen molar-refractivity contribution in [3.8, 4) is 0 Å². The number of nitrogens with one attached hydrogen (secondary N) is 1. The summed E-state index contributed by atoms with van der Waals surface area (Å²) >= 11 is 6.15. The van der Waals surface area contributed by atoms with Crippen LogP contribution in [0.5, 0.6) is 0 Å². The lowest BCUT2D eigenvalue weighted by Crippen LogP contribution is -2.32. The Hall–Kier alpha value is -0.640. The topological polar surface area (TPSA) is 21.3 Å². The van der Waals surface area contributed by atoms with Crippen LogP contribution in [0.3, 0.4) is 0 Å². The highest BCUT2D eigenvalue weighted by Crippen LogP contribution is 2.36. The summed E-state index contributed by atoms with van der Waals surface area (Å²) in [5.41, 5.74) is 0.908. The van der Waals surface area contributed by atoms with Gasteiger partial charge in [-0.3, -0.25) is 0 Å². The van der Waals surface area contributed by atoms with Gasteiger partial charge in [0.15, 0.2) is 0 Å². The monoisotopic (exact) mass is 285 g/mol. The molecule has 0 bridgehead atoms. The molecule has 19 heavy (non-hydrogen) atoms. The molecule has 2 nitrogen and oxygen atoms in total. The predicted octanol–water partition coefficient (Wildman–Crippen LogP) is 3.95. The normalized spacial score (nSPS) is 23.5. The summed E-state index contributed by atoms with van der Waals surface area (Å²) in [7, 11) is 0. The highest BCUT2D eigenvalue weighted by molar-refractivity contribution is 6.31. The molecule has 2 unspecified atom stereocenters. The molecule has 4 heteroatoms. The van der Waals surface area contributed by atoms with E-state index >= 15 is 0 Å². The zero-order valence-corrected chi connectivity index (χ0v) is 12.0. The van der Waals surface area contributed by atoms with Crippen molar-refractivity contribution in [1.82, 2.24) is 5.32 Å². The summed E-state index contributed by atoms with van der Waals surface area (Å²) in [6.07, 6.45) is 3.30. The first-order valence-electron chi connectivity index (χ1n) is 6.99. The van der Waals surface area contributed by atoms with Crippen molar-refractivity contribution in [2.24, 2.45) is 5.92 Å². The van der Waals surface area contributed by atoms with Gasteiger partial charge in [0.05, 0.1) is 6.10 Å². The Morgan fingerprint density at radius 1 is 1.47 bits per heavy atom. The van der Waals surface area contributed by atoms with Crippen molar-refractivity contribution in [2.75, 3.05) is 19.7 Å². The minimum atomic E-state index is -0.301. The van der Waals surface area contributed by atoms with Gasteiger partial charge in [-0.05, 0) is 43.5 Å². The molecule has 1 aliphatic heterocycles. The molecule has 1 aromatic carbocycles. The number of halogens is 2. The minimum absolute atomic E-state index is 0.0220. The van der Waals surface area contributed by atoms with Crippen LogP contribution in [0.15, 0.2) is 18.2 Å². The van der Waals surface area contributed by atoms with Crippen LogP contribution in [0, 0.1) is 11.7 Å². The van der Waals surface area contributed by atoms with Crippen LogP contribution in [-0.4, -0.2) is 19.7 Å². The van der Waals surface area contributed by atoms with Gasteiger partial charge in [0.1, 0.15) is 5.82 Å². The maximum atomic E-state index is 13.1. The van der Waals surface area contributed by atoms with Crippen LogP contribution >= 0.6 is 11.6 Å². The van der Waals surface area contributed by atoms with Crippen molar-refractivity contribution in [3.63, 3.8) is 0 Å². The summed E-state index contributed by atoms with van der Waals surface area (Å²) in [6.45, 7) is 4.84. The first-order valence-corrected chi connectivity index (χ1v) is 7.37. The summed E-state index contributed by atoms with van der Waals surface area (Å²) in [4.78, 5) is 0. The highest BCUT2D eigenvalue weighted by atomic mass is 35.5. The molecule has 2 atom stereocenters. The predicted molar refractivity (Wildman–Crippen MR) is 76.0 cm³/mol. The van der Waals surface area contributed by atoms with Gasteiger partial charge in [-0.2, -0.15) is 0 Å². The second-order valence-electron chi connectivity index (χ2n) is 5.06. The summed E-state index contributed by atoms with van der Waals surface area (Å²) < 4.78 is 19.0. The Morgan fingerprint density at radius 3 is 3.05 bits per heavy atom. The lowest BCUT2D eigenvalue weighted by Gasteiger charge is -2.32. The van der Waals surface area contributed by atoms with Crippen molar-refractivity contribution >= 4 is 11.6 Å². The second kappa shape index (κ2) is 7.22. The molecule has 0 spiro atoms. The Balaban J connectivity index is 2.09. The van der Waals surface area contributed by atoms with Crippen LogP contribution < -0.4 is 5.32 Å². The second-order valence-corrected chi connectivity index (χ2v) is 5.47. The molecule has 1 heterocycles. The average Bonchev–Trinajstić information content (AvgIpc) is 2.40. The van der Waals surface area contributed by atoms with Crippen molar-refractivity contribution in [1.29, 1.82) is 0 Å². The fraction of sp³-hybridized carbons (Fsp3) is 0.600. The Bertz CT molecular complexity index is 413. The van der Waals surface area contributed by atoms with E-state index in [4.69, 9.17) is 16.3 Å². The summed E-state index contributed by atoms with van der Waals surface area (Å²) in [5.74, 6) is 0.105. The smallest absolute Gasteiger partial charge is 0.124 e. The zero-order chi connectivity index (χ0) is 13.7. The molecule has 0 aromatic heterocycles. The van der Waals surface area contributed by atoms with E-state index in [0.29, 0.717) is 10.9 Å². The van der Waals surface area contributed by atoms with E-state index in [1.165, 1.54) is 12.1 Å². The quantitative estimate of drug-likeness (QED) is 0.827. The maximum Gasteiger partial charge on any atom is 0.124 e. The third-order valence-electron chi connectivity index (χ3n) is 3.55. The SMILES string of the molecule is CCCNCC1CCCOC1c1ccc(F)cc1Cl. The molecule has 0 radical (unpaired) electrons. The van der Waals surface area contributed by atoms with E-state index in [2.05, 4.69) is 12.2 Å². The van der Waals surface area contributed by atoms with Gasteiger partial charge in [0, 0.05) is 24.1 Å². The van der Waals surface area contributed by atoms with Gasteiger partial charge < -0.3 is 10.1 Å². The van der Waals surface area contributed by atoms with Gasteiger partial charge in [0.2, 0.25) is 0 Å². The molecule has 0 saturated carbocycles. The number of hydrogen-bond acceptors (Lipinski definition) is 2. The summed E-state index contributed by atoms with van der Waals surface area (Å²) in [5, 5.41) is 3.90. The van der Waals surface area contributed by atoms with Crippen LogP contribution in [-0.2, 0) is 4.74 Å². The van der Waals surface area contributed by atoms with Crippen molar-refractivity contribution in [3.05, 3.63) is 34.6 Å². The number of rotatable bonds is 5. The molecule has 1 N–H and O–H groups in total. The fourth-order valence-corrected chi connectivity index (χ4v) is 2.87. The molecule has 0 amide bonds. The van der Waals surface area contributed by atoms with Crippen LogP contribution in [0.4, 0.5) is 4.39 Å². The molecule has 106 valence electrons. The molecule has 1 fully saturated rings. The third kappa shape index (κ3) is 3.91. The minimum Gasteiger partial charge on any atom is -0.373 e. The lowest BCUT2D eigenvalue weighted by atomic mass is 9.89. The Labute approximate surface area is 119 Å². The van der Waals surface area contributed by atoms with Gasteiger partial charge in [-0.15, -0.1) is 0 Å². The van der Waals surface area contributed by atoms with E-state index < -0.39 is 0 Å². The molecule has 0 aliphatic carbocycles. The first-order chi connectivity index (χ1) is 9.22.